The van der Waals surface area contributed by atoms with Crippen molar-refractivity contribution in [3.05, 3.63) is 64.7 Å². The van der Waals surface area contributed by atoms with Gasteiger partial charge in [-0.05, 0) is 81.1 Å². The molecule has 0 radical (unpaired) electrons. The van der Waals surface area contributed by atoms with Gasteiger partial charge in [-0.25, -0.2) is 19.2 Å². The third-order valence-electron chi connectivity index (χ3n) is 4.56. The number of aliphatic hydroxyl groups is 1. The van der Waals surface area contributed by atoms with Gasteiger partial charge in [-0.1, -0.05) is 11.6 Å². The van der Waals surface area contributed by atoms with Gasteiger partial charge in [0.1, 0.15) is 17.7 Å². The number of nitrogens with zero attached hydrogens (tertiary/aromatic N) is 3. The van der Waals surface area contributed by atoms with E-state index < -0.39 is 11.7 Å². The molecule has 0 aliphatic rings. The number of amides is 1. The smallest absolute Gasteiger partial charge is 0.407 e. The predicted molar refractivity (Wildman–Crippen MR) is 128 cm³/mol. The van der Waals surface area contributed by atoms with Crippen LogP contribution in [0.1, 0.15) is 38.3 Å². The van der Waals surface area contributed by atoms with Crippen LogP contribution in [0.15, 0.2) is 42.7 Å². The SMILES string of the molecule is CC(C)(C)OC(=O)NCCCc1cc(-c2ncnc(Nc3cc(Cl)cc(CO)c3)n2)ccc1F. The van der Waals surface area contributed by atoms with Crippen molar-refractivity contribution in [1.29, 1.82) is 0 Å². The lowest BCUT2D eigenvalue weighted by molar-refractivity contribution is 0.0527. The quantitative estimate of drug-likeness (QED) is 0.382. The number of rotatable bonds is 8. The Labute approximate surface area is 202 Å². The molecule has 34 heavy (non-hydrogen) atoms. The zero-order valence-corrected chi connectivity index (χ0v) is 20.0. The summed E-state index contributed by atoms with van der Waals surface area (Å²) in [7, 11) is 0. The minimum atomic E-state index is -0.573. The number of alkyl carbamates (subject to hydrolysis) is 1. The van der Waals surface area contributed by atoms with Crippen LogP contribution in [-0.4, -0.2) is 38.3 Å². The summed E-state index contributed by atoms with van der Waals surface area (Å²) < 4.78 is 19.6. The first-order chi connectivity index (χ1) is 16.1. The number of carbonyl (C=O) groups is 1. The van der Waals surface area contributed by atoms with Crippen molar-refractivity contribution in [2.45, 2.75) is 45.8 Å². The van der Waals surface area contributed by atoms with Crippen LogP contribution in [0, 0.1) is 5.82 Å². The number of aromatic nitrogens is 3. The van der Waals surface area contributed by atoms with Gasteiger partial charge in [0.2, 0.25) is 5.95 Å². The highest BCUT2D eigenvalue weighted by Crippen LogP contribution is 2.24. The van der Waals surface area contributed by atoms with Gasteiger partial charge in [-0.2, -0.15) is 4.98 Å². The Morgan fingerprint density at radius 1 is 1.18 bits per heavy atom. The van der Waals surface area contributed by atoms with Crippen LogP contribution >= 0.6 is 11.6 Å². The van der Waals surface area contributed by atoms with Crippen molar-refractivity contribution >= 4 is 29.3 Å². The van der Waals surface area contributed by atoms with Crippen molar-refractivity contribution in [2.24, 2.45) is 0 Å². The third kappa shape index (κ3) is 7.64. The summed E-state index contributed by atoms with van der Waals surface area (Å²) in [4.78, 5) is 24.5. The van der Waals surface area contributed by atoms with Crippen LogP contribution in [0.3, 0.4) is 0 Å². The van der Waals surface area contributed by atoms with E-state index in [9.17, 15) is 14.3 Å². The molecule has 10 heteroatoms. The van der Waals surface area contributed by atoms with Crippen LogP contribution in [0.4, 0.5) is 20.8 Å². The van der Waals surface area contributed by atoms with Gasteiger partial charge in [-0.15, -0.1) is 0 Å². The summed E-state index contributed by atoms with van der Waals surface area (Å²) in [6.45, 7) is 5.57. The molecule has 0 bridgehead atoms. The van der Waals surface area contributed by atoms with Crippen molar-refractivity contribution in [3.8, 4) is 11.4 Å². The van der Waals surface area contributed by atoms with E-state index in [0.717, 1.165) is 0 Å². The van der Waals surface area contributed by atoms with E-state index in [1.807, 2.05) is 0 Å². The van der Waals surface area contributed by atoms with Crippen LogP contribution in [0.25, 0.3) is 11.4 Å². The fourth-order valence-electron chi connectivity index (χ4n) is 3.13. The number of ether oxygens (including phenoxy) is 1. The standard InChI is InChI=1S/C24H27ClFN5O3/c1-24(2,3)34-23(33)27-8-4-5-16-11-17(6-7-20(16)26)21-28-14-29-22(31-21)30-19-10-15(13-32)9-18(25)12-19/h6-7,9-12,14,32H,4-5,8,13H2,1-3H3,(H,27,33)(H,28,29,30,31). The second-order valence-electron chi connectivity index (χ2n) is 8.60. The lowest BCUT2D eigenvalue weighted by Crippen LogP contribution is -2.33. The highest BCUT2D eigenvalue weighted by molar-refractivity contribution is 6.30. The normalized spacial score (nSPS) is 11.2. The minimum Gasteiger partial charge on any atom is -0.444 e. The topological polar surface area (TPSA) is 109 Å². The molecule has 3 N–H and O–H groups in total. The van der Waals surface area contributed by atoms with E-state index in [-0.39, 0.29) is 18.4 Å². The number of halogens is 2. The minimum absolute atomic E-state index is 0.149. The number of carbonyl (C=O) groups excluding carboxylic acids is 1. The number of aliphatic hydroxyl groups excluding tert-OH is 1. The molecular formula is C24H27ClFN5O3. The van der Waals surface area contributed by atoms with E-state index in [0.29, 0.717) is 52.6 Å². The molecule has 0 fully saturated rings. The number of nitrogens with one attached hydrogen (secondary N) is 2. The Morgan fingerprint density at radius 3 is 2.71 bits per heavy atom. The third-order valence-corrected chi connectivity index (χ3v) is 4.78. The van der Waals surface area contributed by atoms with Gasteiger partial charge in [-0.3, -0.25) is 0 Å². The second kappa shape index (κ2) is 11.2. The zero-order chi connectivity index (χ0) is 24.7. The molecule has 8 nitrogen and oxygen atoms in total. The van der Waals surface area contributed by atoms with E-state index in [1.54, 1.807) is 51.1 Å². The molecule has 0 unspecified atom stereocenters. The first kappa shape index (κ1) is 25.3. The molecule has 0 saturated carbocycles. The van der Waals surface area contributed by atoms with E-state index in [1.165, 1.54) is 12.4 Å². The second-order valence-corrected chi connectivity index (χ2v) is 9.04. The molecule has 3 rings (SSSR count). The zero-order valence-electron chi connectivity index (χ0n) is 19.2. The fraction of sp³-hybridized carbons (Fsp3) is 0.333. The van der Waals surface area contributed by atoms with E-state index in [4.69, 9.17) is 16.3 Å². The number of anilines is 2. The fourth-order valence-corrected chi connectivity index (χ4v) is 3.39. The molecule has 0 spiro atoms. The van der Waals surface area contributed by atoms with Crippen molar-refractivity contribution in [3.63, 3.8) is 0 Å². The highest BCUT2D eigenvalue weighted by atomic mass is 35.5. The monoisotopic (exact) mass is 487 g/mol. The maximum Gasteiger partial charge on any atom is 0.407 e. The van der Waals surface area contributed by atoms with Gasteiger partial charge in [0.25, 0.3) is 0 Å². The molecule has 0 aliphatic heterocycles. The molecule has 2 aromatic carbocycles. The summed E-state index contributed by atoms with van der Waals surface area (Å²) in [6.07, 6.45) is 1.80. The number of hydrogen-bond donors (Lipinski definition) is 3. The average molecular weight is 488 g/mol. The average Bonchev–Trinajstić information content (AvgIpc) is 2.76. The number of aryl methyl sites for hydroxylation is 1. The Kier molecular flexibility index (Phi) is 8.36. The number of benzene rings is 2. The van der Waals surface area contributed by atoms with Gasteiger partial charge >= 0.3 is 6.09 Å². The summed E-state index contributed by atoms with van der Waals surface area (Å²) in [5.41, 5.74) is 1.81. The van der Waals surface area contributed by atoms with Gasteiger partial charge in [0, 0.05) is 22.8 Å². The molecule has 0 saturated heterocycles. The van der Waals surface area contributed by atoms with Crippen molar-refractivity contribution < 1.29 is 19.0 Å². The molecule has 0 atom stereocenters. The van der Waals surface area contributed by atoms with Gasteiger partial charge in [0.15, 0.2) is 5.82 Å². The van der Waals surface area contributed by atoms with Crippen LogP contribution in [0.5, 0.6) is 0 Å². The molecule has 180 valence electrons. The van der Waals surface area contributed by atoms with Gasteiger partial charge < -0.3 is 20.5 Å². The van der Waals surface area contributed by atoms with Crippen molar-refractivity contribution in [2.75, 3.05) is 11.9 Å². The van der Waals surface area contributed by atoms with E-state index >= 15 is 0 Å². The number of hydrogen-bond acceptors (Lipinski definition) is 7. The Morgan fingerprint density at radius 2 is 1.97 bits per heavy atom. The highest BCUT2D eigenvalue weighted by Gasteiger charge is 2.15. The summed E-state index contributed by atoms with van der Waals surface area (Å²) in [5.74, 6) is 0.308. The maximum atomic E-state index is 14.4. The summed E-state index contributed by atoms with van der Waals surface area (Å²) in [5, 5.41) is 15.5. The van der Waals surface area contributed by atoms with Crippen molar-refractivity contribution in [1.82, 2.24) is 20.3 Å². The first-order valence-corrected chi connectivity index (χ1v) is 11.1. The molecule has 1 heterocycles. The Balaban J connectivity index is 1.67. The maximum absolute atomic E-state index is 14.4. The molecule has 3 aromatic rings. The Bertz CT molecular complexity index is 1150. The largest absolute Gasteiger partial charge is 0.444 e. The lowest BCUT2D eigenvalue weighted by Gasteiger charge is -2.19. The van der Waals surface area contributed by atoms with Gasteiger partial charge in [0.05, 0.1) is 6.61 Å². The molecule has 1 aromatic heterocycles. The lowest BCUT2D eigenvalue weighted by atomic mass is 10.1. The summed E-state index contributed by atoms with van der Waals surface area (Å²) >= 11 is 6.08. The Hall–Kier alpha value is -3.30. The van der Waals surface area contributed by atoms with Crippen LogP contribution in [0.2, 0.25) is 5.02 Å². The molecule has 0 aliphatic carbocycles. The summed E-state index contributed by atoms with van der Waals surface area (Å²) in [6, 6.07) is 9.73. The van der Waals surface area contributed by atoms with Crippen LogP contribution in [-0.2, 0) is 17.8 Å². The predicted octanol–water partition coefficient (Wildman–Crippen LogP) is 5.02. The van der Waals surface area contributed by atoms with Crippen LogP contribution < -0.4 is 10.6 Å². The molecule has 1 amide bonds. The van der Waals surface area contributed by atoms with E-state index in [2.05, 4.69) is 25.6 Å². The molecular weight excluding hydrogens is 461 g/mol. The first-order valence-electron chi connectivity index (χ1n) is 10.7.